The van der Waals surface area contributed by atoms with E-state index < -0.39 is 0 Å². The molecule has 3 N–H and O–H groups in total. The molecular formula is C23H32N3OS+. The number of quaternary nitrogens is 1. The second kappa shape index (κ2) is 8.66. The molecule has 1 aromatic heterocycles. The van der Waals surface area contributed by atoms with Crippen LogP contribution in [0.3, 0.4) is 0 Å². The Morgan fingerprint density at radius 1 is 1.14 bits per heavy atom. The molecule has 2 saturated heterocycles. The van der Waals surface area contributed by atoms with Crippen LogP contribution < -0.4 is 15.5 Å². The fourth-order valence-corrected chi connectivity index (χ4v) is 5.70. The van der Waals surface area contributed by atoms with Crippen LogP contribution in [0.5, 0.6) is 0 Å². The predicted octanol–water partition coefficient (Wildman–Crippen LogP) is 4.16. The summed E-state index contributed by atoms with van der Waals surface area (Å²) in [7, 11) is 0. The van der Waals surface area contributed by atoms with Crippen molar-refractivity contribution in [3.05, 3.63) is 52.2 Å². The maximum Gasteiger partial charge on any atom is 0.319 e. The predicted molar refractivity (Wildman–Crippen MR) is 116 cm³/mol. The van der Waals surface area contributed by atoms with Crippen LogP contribution in [0.4, 0.5) is 10.5 Å². The Labute approximate surface area is 172 Å². The van der Waals surface area contributed by atoms with Crippen molar-refractivity contribution in [1.82, 2.24) is 5.32 Å². The lowest BCUT2D eigenvalue weighted by atomic mass is 9.81. The van der Waals surface area contributed by atoms with Crippen molar-refractivity contribution in [3.63, 3.8) is 0 Å². The van der Waals surface area contributed by atoms with Crippen molar-refractivity contribution < 1.29 is 9.69 Å². The lowest BCUT2D eigenvalue weighted by Crippen LogP contribution is -3.20. The first kappa shape index (κ1) is 19.5. The zero-order valence-electron chi connectivity index (χ0n) is 16.9. The van der Waals surface area contributed by atoms with Gasteiger partial charge < -0.3 is 15.5 Å². The number of fused-ring (bicyclic) bond motifs is 2. The third-order valence-electron chi connectivity index (χ3n) is 6.42. The van der Waals surface area contributed by atoms with E-state index in [0.29, 0.717) is 18.0 Å². The fraction of sp³-hybridized carbons (Fsp3) is 0.522. The van der Waals surface area contributed by atoms with Gasteiger partial charge in [0, 0.05) is 24.6 Å². The number of urea groups is 1. The molecule has 5 heteroatoms. The molecule has 2 atom stereocenters. The smallest absolute Gasteiger partial charge is 0.319 e. The molecule has 2 aliphatic rings. The summed E-state index contributed by atoms with van der Waals surface area (Å²) >= 11 is 1.87. The van der Waals surface area contributed by atoms with Crippen LogP contribution in [0.15, 0.2) is 41.8 Å². The number of hydrogen-bond acceptors (Lipinski definition) is 2. The lowest BCUT2D eigenvalue weighted by molar-refractivity contribution is -0.973. The number of amides is 2. The van der Waals surface area contributed by atoms with Gasteiger partial charge in [-0.15, -0.1) is 11.3 Å². The van der Waals surface area contributed by atoms with Gasteiger partial charge in [0.2, 0.25) is 0 Å². The van der Waals surface area contributed by atoms with E-state index in [4.69, 9.17) is 0 Å². The van der Waals surface area contributed by atoms with E-state index in [-0.39, 0.29) is 12.1 Å². The van der Waals surface area contributed by atoms with E-state index in [2.05, 4.69) is 54.1 Å². The van der Waals surface area contributed by atoms with Crippen molar-refractivity contribution in [2.24, 2.45) is 0 Å². The van der Waals surface area contributed by atoms with Gasteiger partial charge in [0.15, 0.2) is 0 Å². The SMILES string of the molecule is CC(C)c1ccc(NC(=O)NC2C[C@H]3CCC[C@H](C2)[NH+]3Cc2cccs2)cc1. The molecule has 0 radical (unpaired) electrons. The van der Waals surface area contributed by atoms with Crippen molar-refractivity contribution in [2.45, 2.75) is 76.5 Å². The lowest BCUT2D eigenvalue weighted by Gasteiger charge is -2.45. The molecule has 28 heavy (non-hydrogen) atoms. The van der Waals surface area contributed by atoms with Gasteiger partial charge in [-0.1, -0.05) is 32.0 Å². The van der Waals surface area contributed by atoms with Crippen LogP contribution in [0.25, 0.3) is 0 Å². The van der Waals surface area contributed by atoms with Crippen LogP contribution in [0.2, 0.25) is 0 Å². The quantitative estimate of drug-likeness (QED) is 0.696. The number of nitrogens with one attached hydrogen (secondary N) is 3. The number of carbonyl (C=O) groups is 1. The molecule has 0 saturated carbocycles. The average Bonchev–Trinajstić information content (AvgIpc) is 3.16. The van der Waals surface area contributed by atoms with Gasteiger partial charge in [0.25, 0.3) is 0 Å². The minimum absolute atomic E-state index is 0.0675. The summed E-state index contributed by atoms with van der Waals surface area (Å²) in [6.45, 7) is 5.51. The molecule has 4 rings (SSSR count). The first-order chi connectivity index (χ1) is 13.6. The Kier molecular flexibility index (Phi) is 6.02. The second-order valence-electron chi connectivity index (χ2n) is 8.70. The van der Waals surface area contributed by atoms with Crippen LogP contribution in [-0.2, 0) is 6.54 Å². The summed E-state index contributed by atoms with van der Waals surface area (Å²) in [4.78, 5) is 15.8. The molecule has 3 heterocycles. The zero-order valence-corrected chi connectivity index (χ0v) is 17.7. The molecule has 4 nitrogen and oxygen atoms in total. The third-order valence-corrected chi connectivity index (χ3v) is 7.30. The molecule has 0 spiro atoms. The maximum atomic E-state index is 12.5. The van der Waals surface area contributed by atoms with Gasteiger partial charge in [0.05, 0.1) is 17.0 Å². The minimum atomic E-state index is -0.0675. The van der Waals surface area contributed by atoms with Gasteiger partial charge in [-0.05, 0) is 54.3 Å². The van der Waals surface area contributed by atoms with E-state index in [1.165, 1.54) is 29.7 Å². The molecule has 2 aliphatic heterocycles. The van der Waals surface area contributed by atoms with Gasteiger partial charge in [-0.2, -0.15) is 0 Å². The Hall–Kier alpha value is -1.85. The number of anilines is 1. The van der Waals surface area contributed by atoms with Crippen LogP contribution in [0, 0.1) is 0 Å². The van der Waals surface area contributed by atoms with E-state index >= 15 is 0 Å². The molecule has 2 aromatic rings. The van der Waals surface area contributed by atoms with E-state index in [1.807, 2.05) is 23.5 Å². The summed E-state index contributed by atoms with van der Waals surface area (Å²) in [5.41, 5.74) is 2.16. The van der Waals surface area contributed by atoms with Gasteiger partial charge in [-0.3, -0.25) is 0 Å². The van der Waals surface area contributed by atoms with Crippen LogP contribution in [-0.4, -0.2) is 24.2 Å². The summed E-state index contributed by atoms with van der Waals surface area (Å²) in [6.07, 6.45) is 6.10. The Balaban J connectivity index is 1.32. The molecule has 0 aliphatic carbocycles. The number of piperidine rings is 2. The summed E-state index contributed by atoms with van der Waals surface area (Å²) in [5.74, 6) is 0.504. The van der Waals surface area contributed by atoms with Gasteiger partial charge in [0.1, 0.15) is 6.54 Å². The van der Waals surface area contributed by atoms with Crippen molar-refractivity contribution >= 4 is 23.1 Å². The topological polar surface area (TPSA) is 45.6 Å². The monoisotopic (exact) mass is 398 g/mol. The van der Waals surface area contributed by atoms with E-state index in [1.54, 1.807) is 4.90 Å². The molecule has 1 aromatic carbocycles. The number of carbonyl (C=O) groups excluding carboxylic acids is 1. The highest BCUT2D eigenvalue weighted by molar-refractivity contribution is 7.09. The standard InChI is InChI=1S/C23H31N3OS/c1-16(2)17-8-10-18(11-9-17)24-23(27)25-19-13-20-5-3-6-21(14-19)26(20)15-22-7-4-12-28-22/h4,7-12,16,19-21H,3,5-6,13-15H2,1-2H3,(H2,24,25,27)/p+1/t20-,21-/m1/s1. The number of hydrogen-bond donors (Lipinski definition) is 3. The number of rotatable bonds is 5. The van der Waals surface area contributed by atoms with E-state index in [0.717, 1.165) is 25.1 Å². The first-order valence-electron chi connectivity index (χ1n) is 10.6. The number of thiophene rings is 1. The van der Waals surface area contributed by atoms with Crippen molar-refractivity contribution in [2.75, 3.05) is 5.32 Å². The summed E-state index contributed by atoms with van der Waals surface area (Å²) in [6, 6.07) is 14.2. The van der Waals surface area contributed by atoms with Gasteiger partial charge >= 0.3 is 6.03 Å². The highest BCUT2D eigenvalue weighted by atomic mass is 32.1. The van der Waals surface area contributed by atoms with Crippen LogP contribution in [0.1, 0.15) is 62.3 Å². The largest absolute Gasteiger partial charge is 0.335 e. The van der Waals surface area contributed by atoms with Gasteiger partial charge in [-0.25, -0.2) is 4.79 Å². The summed E-state index contributed by atoms with van der Waals surface area (Å²) < 4.78 is 0. The Morgan fingerprint density at radius 2 is 1.86 bits per heavy atom. The normalized spacial score (nSPS) is 26.8. The number of benzene rings is 1. The van der Waals surface area contributed by atoms with Crippen LogP contribution >= 0.6 is 11.3 Å². The molecular weight excluding hydrogens is 366 g/mol. The Bertz CT molecular complexity index is 758. The first-order valence-corrected chi connectivity index (χ1v) is 11.5. The molecule has 2 bridgehead atoms. The highest BCUT2D eigenvalue weighted by Gasteiger charge is 2.42. The molecule has 2 fully saturated rings. The highest BCUT2D eigenvalue weighted by Crippen LogP contribution is 2.24. The second-order valence-corrected chi connectivity index (χ2v) is 9.73. The average molecular weight is 399 g/mol. The molecule has 2 amide bonds. The maximum absolute atomic E-state index is 12.5. The van der Waals surface area contributed by atoms with Crippen molar-refractivity contribution in [3.8, 4) is 0 Å². The van der Waals surface area contributed by atoms with E-state index in [9.17, 15) is 4.79 Å². The molecule has 150 valence electrons. The zero-order chi connectivity index (χ0) is 19.5. The molecule has 0 unspecified atom stereocenters. The fourth-order valence-electron chi connectivity index (χ4n) is 4.96. The third kappa shape index (κ3) is 4.58. The summed E-state index contributed by atoms with van der Waals surface area (Å²) in [5, 5.41) is 8.44. The Morgan fingerprint density at radius 3 is 2.46 bits per heavy atom. The minimum Gasteiger partial charge on any atom is -0.335 e. The van der Waals surface area contributed by atoms with Crippen molar-refractivity contribution in [1.29, 1.82) is 0 Å².